The van der Waals surface area contributed by atoms with E-state index in [4.69, 9.17) is 18.9 Å². The van der Waals surface area contributed by atoms with E-state index in [1.807, 2.05) is 12.1 Å². The molecule has 1 atom stereocenters. The fourth-order valence-corrected chi connectivity index (χ4v) is 3.13. The summed E-state index contributed by atoms with van der Waals surface area (Å²) in [5.74, 6) is 2.38. The molecule has 0 N–H and O–H groups in total. The molecule has 0 radical (unpaired) electrons. The quantitative estimate of drug-likeness (QED) is 0.843. The molecule has 0 spiro atoms. The molecule has 24 heavy (non-hydrogen) atoms. The Morgan fingerprint density at radius 1 is 0.792 bits per heavy atom. The number of rotatable bonds is 5. The highest BCUT2D eigenvalue weighted by Crippen LogP contribution is 2.42. The standard InChI is InChI=1S/C19H20O5/c1-21-12-5-11(6-13(7-12)22-2)15-10-16-17(19(15)20)8-14(23-3)9-18(16)24-4/h5-9,15H,10H2,1-4H3/t15-/m0/s1. The number of hydrogen-bond donors (Lipinski definition) is 0. The van der Waals surface area contributed by atoms with Gasteiger partial charge in [0.15, 0.2) is 5.78 Å². The lowest BCUT2D eigenvalue weighted by Gasteiger charge is -2.12. The highest BCUT2D eigenvalue weighted by atomic mass is 16.5. The summed E-state index contributed by atoms with van der Waals surface area (Å²) in [5.41, 5.74) is 2.43. The van der Waals surface area contributed by atoms with E-state index in [0.717, 1.165) is 11.1 Å². The number of carbonyl (C=O) groups excluding carboxylic acids is 1. The van der Waals surface area contributed by atoms with Gasteiger partial charge in [-0.25, -0.2) is 0 Å². The second kappa shape index (κ2) is 6.43. The monoisotopic (exact) mass is 328 g/mol. The maximum absolute atomic E-state index is 12.9. The van der Waals surface area contributed by atoms with Crippen LogP contribution in [0, 0.1) is 0 Å². The molecule has 0 saturated carbocycles. The van der Waals surface area contributed by atoms with Crippen LogP contribution in [-0.4, -0.2) is 34.2 Å². The van der Waals surface area contributed by atoms with Crippen LogP contribution < -0.4 is 18.9 Å². The molecule has 3 rings (SSSR count). The second-order valence-electron chi connectivity index (χ2n) is 5.62. The minimum absolute atomic E-state index is 0.0532. The summed E-state index contributed by atoms with van der Waals surface area (Å²) in [6.07, 6.45) is 0.581. The van der Waals surface area contributed by atoms with Gasteiger partial charge in [-0.3, -0.25) is 4.79 Å². The van der Waals surface area contributed by atoms with Crippen molar-refractivity contribution in [2.24, 2.45) is 0 Å². The summed E-state index contributed by atoms with van der Waals surface area (Å²) < 4.78 is 21.3. The van der Waals surface area contributed by atoms with E-state index in [-0.39, 0.29) is 11.7 Å². The third-order valence-corrected chi connectivity index (χ3v) is 4.40. The molecular formula is C19H20O5. The average molecular weight is 328 g/mol. The maximum Gasteiger partial charge on any atom is 0.171 e. The van der Waals surface area contributed by atoms with E-state index in [1.165, 1.54) is 0 Å². The van der Waals surface area contributed by atoms with Crippen LogP contribution in [0.15, 0.2) is 30.3 Å². The molecule has 2 aromatic carbocycles. The average Bonchev–Trinajstić information content (AvgIpc) is 2.97. The number of ether oxygens (including phenoxy) is 4. The zero-order chi connectivity index (χ0) is 17.3. The molecule has 0 aromatic heterocycles. The van der Waals surface area contributed by atoms with Crippen molar-refractivity contribution in [2.75, 3.05) is 28.4 Å². The minimum atomic E-state index is -0.287. The maximum atomic E-state index is 12.9. The summed E-state index contributed by atoms with van der Waals surface area (Å²) in [6, 6.07) is 9.12. The Bertz CT molecular complexity index is 759. The molecule has 2 aromatic rings. The van der Waals surface area contributed by atoms with E-state index in [2.05, 4.69) is 0 Å². The first-order valence-electron chi connectivity index (χ1n) is 7.63. The molecule has 0 aliphatic heterocycles. The molecule has 5 nitrogen and oxygen atoms in total. The molecule has 126 valence electrons. The van der Waals surface area contributed by atoms with Crippen LogP contribution in [0.3, 0.4) is 0 Å². The van der Waals surface area contributed by atoms with Gasteiger partial charge in [-0.15, -0.1) is 0 Å². The van der Waals surface area contributed by atoms with Gasteiger partial charge in [-0.1, -0.05) is 0 Å². The summed E-state index contributed by atoms with van der Waals surface area (Å²) in [6.45, 7) is 0. The number of ketones is 1. The Morgan fingerprint density at radius 3 is 1.92 bits per heavy atom. The Morgan fingerprint density at radius 2 is 1.38 bits per heavy atom. The van der Waals surface area contributed by atoms with Crippen LogP contribution >= 0.6 is 0 Å². The van der Waals surface area contributed by atoms with Gasteiger partial charge in [0.25, 0.3) is 0 Å². The molecular weight excluding hydrogens is 308 g/mol. The van der Waals surface area contributed by atoms with Crippen LogP contribution in [0.2, 0.25) is 0 Å². The smallest absolute Gasteiger partial charge is 0.171 e. The van der Waals surface area contributed by atoms with E-state index in [0.29, 0.717) is 35.0 Å². The fraction of sp³-hybridized carbons (Fsp3) is 0.316. The Hall–Kier alpha value is -2.69. The van der Waals surface area contributed by atoms with Crippen molar-refractivity contribution in [3.63, 3.8) is 0 Å². The number of Topliss-reactive ketones (excluding diaryl/α,β-unsaturated/α-hetero) is 1. The van der Waals surface area contributed by atoms with Crippen LogP contribution in [0.1, 0.15) is 27.4 Å². The summed E-state index contributed by atoms with van der Waals surface area (Å²) in [5, 5.41) is 0. The predicted octanol–water partition coefficient (Wildman–Crippen LogP) is 3.24. The SMILES string of the molecule is COc1cc(OC)cc([C@@H]2Cc3c(OC)cc(OC)cc3C2=O)c1. The molecule has 1 aliphatic rings. The van der Waals surface area contributed by atoms with Crippen LogP contribution in [-0.2, 0) is 6.42 Å². The largest absolute Gasteiger partial charge is 0.497 e. The first-order chi connectivity index (χ1) is 11.6. The summed E-state index contributed by atoms with van der Waals surface area (Å²) in [7, 11) is 6.36. The molecule has 0 heterocycles. The van der Waals surface area contributed by atoms with Crippen molar-refractivity contribution in [2.45, 2.75) is 12.3 Å². The van der Waals surface area contributed by atoms with Gasteiger partial charge in [-0.05, 0) is 30.2 Å². The van der Waals surface area contributed by atoms with E-state index >= 15 is 0 Å². The number of fused-ring (bicyclic) bond motifs is 1. The highest BCUT2D eigenvalue weighted by molar-refractivity contribution is 6.06. The van der Waals surface area contributed by atoms with Gasteiger partial charge in [0, 0.05) is 23.3 Å². The lowest BCUT2D eigenvalue weighted by molar-refractivity contribution is 0.0972. The zero-order valence-electron chi connectivity index (χ0n) is 14.2. The van der Waals surface area contributed by atoms with Gasteiger partial charge in [0.05, 0.1) is 34.4 Å². The van der Waals surface area contributed by atoms with Gasteiger partial charge in [0.2, 0.25) is 0 Å². The molecule has 0 saturated heterocycles. The third-order valence-electron chi connectivity index (χ3n) is 4.40. The van der Waals surface area contributed by atoms with E-state index in [9.17, 15) is 4.79 Å². The van der Waals surface area contributed by atoms with E-state index < -0.39 is 0 Å². The van der Waals surface area contributed by atoms with Crippen LogP contribution in [0.4, 0.5) is 0 Å². The topological polar surface area (TPSA) is 54.0 Å². The van der Waals surface area contributed by atoms with Crippen LogP contribution in [0.5, 0.6) is 23.0 Å². The summed E-state index contributed by atoms with van der Waals surface area (Å²) >= 11 is 0. The van der Waals surface area contributed by atoms with Crippen molar-refractivity contribution in [3.05, 3.63) is 47.0 Å². The number of hydrogen-bond acceptors (Lipinski definition) is 5. The zero-order valence-corrected chi connectivity index (χ0v) is 14.2. The molecule has 5 heteroatoms. The van der Waals surface area contributed by atoms with Crippen molar-refractivity contribution in [1.82, 2.24) is 0 Å². The van der Waals surface area contributed by atoms with Gasteiger partial charge >= 0.3 is 0 Å². The molecule has 1 aliphatic carbocycles. The van der Waals surface area contributed by atoms with Crippen molar-refractivity contribution in [3.8, 4) is 23.0 Å². The molecule has 0 bridgehead atoms. The molecule has 0 fully saturated rings. The Balaban J connectivity index is 2.05. The van der Waals surface area contributed by atoms with Gasteiger partial charge < -0.3 is 18.9 Å². The number of methoxy groups -OCH3 is 4. The second-order valence-corrected chi connectivity index (χ2v) is 5.62. The third kappa shape index (κ3) is 2.66. The van der Waals surface area contributed by atoms with Crippen LogP contribution in [0.25, 0.3) is 0 Å². The van der Waals surface area contributed by atoms with E-state index in [1.54, 1.807) is 46.6 Å². The van der Waals surface area contributed by atoms with Gasteiger partial charge in [0.1, 0.15) is 23.0 Å². The predicted molar refractivity (Wildman–Crippen MR) is 89.9 cm³/mol. The Labute approximate surface area is 141 Å². The fourth-order valence-electron chi connectivity index (χ4n) is 3.13. The van der Waals surface area contributed by atoms with Crippen molar-refractivity contribution in [1.29, 1.82) is 0 Å². The molecule has 0 unspecified atom stereocenters. The van der Waals surface area contributed by atoms with Crippen molar-refractivity contribution >= 4 is 5.78 Å². The highest BCUT2D eigenvalue weighted by Gasteiger charge is 2.35. The lowest BCUT2D eigenvalue weighted by Crippen LogP contribution is -2.07. The normalized spacial score (nSPS) is 15.8. The number of carbonyl (C=O) groups is 1. The summed E-state index contributed by atoms with van der Waals surface area (Å²) in [4.78, 5) is 12.9. The Kier molecular flexibility index (Phi) is 4.34. The lowest BCUT2D eigenvalue weighted by atomic mass is 9.95. The first-order valence-corrected chi connectivity index (χ1v) is 7.63. The minimum Gasteiger partial charge on any atom is -0.497 e. The first kappa shape index (κ1) is 16.2. The van der Waals surface area contributed by atoms with Gasteiger partial charge in [-0.2, -0.15) is 0 Å². The van der Waals surface area contributed by atoms with Crippen molar-refractivity contribution < 1.29 is 23.7 Å². The molecule has 0 amide bonds. The number of benzene rings is 2.